The van der Waals surface area contributed by atoms with Crippen LogP contribution in [0.25, 0.3) is 65.2 Å². The van der Waals surface area contributed by atoms with Gasteiger partial charge in [-0.05, 0) is 40.5 Å². The van der Waals surface area contributed by atoms with Crippen LogP contribution in [0.4, 0.5) is 0 Å². The number of rotatable bonds is 4. The third-order valence-corrected chi connectivity index (χ3v) is 7.86. The molecule has 2 heterocycles. The van der Waals surface area contributed by atoms with Gasteiger partial charge in [0.25, 0.3) is 0 Å². The summed E-state index contributed by atoms with van der Waals surface area (Å²) >= 11 is 1.76. The van der Waals surface area contributed by atoms with E-state index in [0.29, 0.717) is 0 Å². The number of aromatic nitrogens is 2. The Morgan fingerprint density at radius 2 is 0.973 bits per heavy atom. The molecule has 0 aliphatic carbocycles. The maximum Gasteiger partial charge on any atom is 0.160 e. The van der Waals surface area contributed by atoms with Crippen LogP contribution in [0, 0.1) is 0 Å². The van der Waals surface area contributed by atoms with Crippen LogP contribution < -0.4 is 0 Å². The van der Waals surface area contributed by atoms with Gasteiger partial charge in [0.15, 0.2) is 5.82 Å². The molecule has 2 aromatic heterocycles. The Labute approximate surface area is 219 Å². The third kappa shape index (κ3) is 4.00. The van der Waals surface area contributed by atoms with Crippen LogP contribution in [0.1, 0.15) is 0 Å². The summed E-state index contributed by atoms with van der Waals surface area (Å²) in [5.41, 5.74) is 8.81. The van der Waals surface area contributed by atoms with Gasteiger partial charge in [0, 0.05) is 21.2 Å². The van der Waals surface area contributed by atoms with Gasteiger partial charge < -0.3 is 0 Å². The topological polar surface area (TPSA) is 25.8 Å². The van der Waals surface area contributed by atoms with Gasteiger partial charge in [0.2, 0.25) is 0 Å². The number of hydrogen-bond acceptors (Lipinski definition) is 3. The molecule has 0 aliphatic rings. The average Bonchev–Trinajstić information content (AvgIpc) is 3.36. The van der Waals surface area contributed by atoms with Crippen molar-refractivity contribution in [2.45, 2.75) is 0 Å². The largest absolute Gasteiger partial charge is 0.226 e. The highest BCUT2D eigenvalue weighted by Gasteiger charge is 2.17. The van der Waals surface area contributed by atoms with Gasteiger partial charge >= 0.3 is 0 Å². The predicted molar refractivity (Wildman–Crippen MR) is 157 cm³/mol. The van der Waals surface area contributed by atoms with Crippen LogP contribution in [0.15, 0.2) is 133 Å². The van der Waals surface area contributed by atoms with Gasteiger partial charge in [-0.25, -0.2) is 9.97 Å². The molecule has 0 fully saturated rings. The fourth-order valence-corrected chi connectivity index (χ4v) is 6.01. The number of fused-ring (bicyclic) bond motifs is 3. The summed E-state index contributed by atoms with van der Waals surface area (Å²) < 4.78 is 2.34. The Balaban J connectivity index is 1.46. The van der Waals surface area contributed by atoms with Crippen molar-refractivity contribution in [3.63, 3.8) is 0 Å². The van der Waals surface area contributed by atoms with Crippen LogP contribution in [0.5, 0.6) is 0 Å². The number of nitrogens with zero attached hydrogens (tertiary/aromatic N) is 2. The molecule has 5 aromatic carbocycles. The standard InChI is InChI=1S/C34H22N2S/c1-3-11-23(12-4-1)25-15-9-17-27(21-25)31-33-32(29-19-7-8-20-30(29)37-33)36-34(35-31)28-18-10-16-26(22-28)24-13-5-2-6-14-24/h1-22H. The lowest BCUT2D eigenvalue weighted by Crippen LogP contribution is -1.94. The monoisotopic (exact) mass is 490 g/mol. The maximum absolute atomic E-state index is 5.21. The van der Waals surface area contributed by atoms with Crippen LogP contribution in [0.3, 0.4) is 0 Å². The molecule has 0 N–H and O–H groups in total. The first-order valence-electron chi connectivity index (χ1n) is 12.3. The maximum atomic E-state index is 5.21. The summed E-state index contributed by atoms with van der Waals surface area (Å²) in [5.74, 6) is 0.744. The van der Waals surface area contributed by atoms with E-state index in [9.17, 15) is 0 Å². The fourth-order valence-electron chi connectivity index (χ4n) is 4.86. The number of hydrogen-bond donors (Lipinski definition) is 0. The first kappa shape index (κ1) is 21.7. The van der Waals surface area contributed by atoms with Crippen molar-refractivity contribution in [1.29, 1.82) is 0 Å². The SMILES string of the molecule is c1ccc(-c2cccc(-c3nc(-c4cccc(-c5ccccc5)c4)c4sc5ccccc5c4n3)c2)cc1. The smallest absolute Gasteiger partial charge is 0.160 e. The molecule has 0 spiro atoms. The summed E-state index contributed by atoms with van der Waals surface area (Å²) in [4.78, 5) is 10.3. The molecule has 37 heavy (non-hydrogen) atoms. The second-order valence-corrected chi connectivity index (χ2v) is 10.1. The molecule has 0 radical (unpaired) electrons. The minimum absolute atomic E-state index is 0.744. The van der Waals surface area contributed by atoms with Crippen LogP contribution in [-0.4, -0.2) is 9.97 Å². The number of thiophene rings is 1. The summed E-state index contributed by atoms with van der Waals surface area (Å²) in [5, 5.41) is 1.17. The second-order valence-electron chi connectivity index (χ2n) is 9.07. The molecule has 0 aliphatic heterocycles. The highest BCUT2D eigenvalue weighted by molar-refractivity contribution is 7.26. The van der Waals surface area contributed by atoms with Crippen LogP contribution in [0.2, 0.25) is 0 Å². The van der Waals surface area contributed by atoms with E-state index in [1.807, 2.05) is 12.1 Å². The Bertz CT molecular complexity index is 1870. The molecular formula is C34H22N2S. The molecule has 0 saturated heterocycles. The fraction of sp³-hybridized carbons (Fsp3) is 0. The third-order valence-electron chi connectivity index (χ3n) is 6.69. The minimum atomic E-state index is 0.744. The van der Waals surface area contributed by atoms with Crippen molar-refractivity contribution in [1.82, 2.24) is 9.97 Å². The first-order valence-corrected chi connectivity index (χ1v) is 13.2. The molecule has 7 aromatic rings. The van der Waals surface area contributed by atoms with Crippen molar-refractivity contribution in [2.75, 3.05) is 0 Å². The summed E-state index contributed by atoms with van der Waals surface area (Å²) in [6.07, 6.45) is 0. The Morgan fingerprint density at radius 1 is 0.432 bits per heavy atom. The van der Waals surface area contributed by atoms with Crippen molar-refractivity contribution in [2.24, 2.45) is 0 Å². The van der Waals surface area contributed by atoms with E-state index in [0.717, 1.165) is 38.4 Å². The van der Waals surface area contributed by atoms with E-state index in [4.69, 9.17) is 9.97 Å². The van der Waals surface area contributed by atoms with Crippen molar-refractivity contribution >= 4 is 31.6 Å². The molecular weight excluding hydrogens is 468 g/mol. The number of benzene rings is 5. The van der Waals surface area contributed by atoms with Crippen molar-refractivity contribution < 1.29 is 0 Å². The summed E-state index contributed by atoms with van der Waals surface area (Å²) in [6.45, 7) is 0. The lowest BCUT2D eigenvalue weighted by molar-refractivity contribution is 1.24. The molecule has 174 valence electrons. The molecule has 0 saturated carbocycles. The highest BCUT2D eigenvalue weighted by Crippen LogP contribution is 2.40. The van der Waals surface area contributed by atoms with Crippen molar-refractivity contribution in [3.8, 4) is 44.9 Å². The summed E-state index contributed by atoms with van der Waals surface area (Å²) in [7, 11) is 0. The molecule has 0 atom stereocenters. The Morgan fingerprint density at radius 3 is 1.68 bits per heavy atom. The normalized spacial score (nSPS) is 11.2. The van der Waals surface area contributed by atoms with E-state index < -0.39 is 0 Å². The van der Waals surface area contributed by atoms with Crippen molar-refractivity contribution in [3.05, 3.63) is 133 Å². The van der Waals surface area contributed by atoms with E-state index in [-0.39, 0.29) is 0 Å². The Hall–Kier alpha value is -4.60. The zero-order chi connectivity index (χ0) is 24.6. The van der Waals surface area contributed by atoms with Crippen LogP contribution >= 0.6 is 11.3 Å². The Kier molecular flexibility index (Phi) is 5.34. The van der Waals surface area contributed by atoms with Gasteiger partial charge in [-0.1, -0.05) is 115 Å². The lowest BCUT2D eigenvalue weighted by atomic mass is 10.0. The molecule has 2 nitrogen and oxygen atoms in total. The van der Waals surface area contributed by atoms with E-state index in [1.165, 1.54) is 26.8 Å². The summed E-state index contributed by atoms with van der Waals surface area (Å²) in [6, 6.07) is 46.7. The van der Waals surface area contributed by atoms with Crippen LogP contribution in [-0.2, 0) is 0 Å². The van der Waals surface area contributed by atoms with Gasteiger partial charge in [-0.2, -0.15) is 0 Å². The van der Waals surface area contributed by atoms with E-state index >= 15 is 0 Å². The quantitative estimate of drug-likeness (QED) is 0.245. The highest BCUT2D eigenvalue weighted by atomic mass is 32.1. The second kappa shape index (κ2) is 9.12. The molecule has 0 amide bonds. The predicted octanol–water partition coefficient (Wildman–Crippen LogP) is 9.51. The van der Waals surface area contributed by atoms with Gasteiger partial charge in [0.1, 0.15) is 0 Å². The molecule has 7 rings (SSSR count). The lowest BCUT2D eigenvalue weighted by Gasteiger charge is -2.10. The van der Waals surface area contributed by atoms with Gasteiger partial charge in [-0.15, -0.1) is 11.3 Å². The molecule has 3 heteroatoms. The van der Waals surface area contributed by atoms with Gasteiger partial charge in [0.05, 0.1) is 15.9 Å². The zero-order valence-corrected chi connectivity index (χ0v) is 20.8. The first-order chi connectivity index (χ1) is 18.3. The van der Waals surface area contributed by atoms with E-state index in [1.54, 1.807) is 11.3 Å². The van der Waals surface area contributed by atoms with Gasteiger partial charge in [-0.3, -0.25) is 0 Å². The zero-order valence-electron chi connectivity index (χ0n) is 20.0. The molecule has 0 unspecified atom stereocenters. The minimum Gasteiger partial charge on any atom is -0.226 e. The van der Waals surface area contributed by atoms with E-state index in [2.05, 4.69) is 121 Å². The molecule has 0 bridgehead atoms. The average molecular weight is 491 g/mol.